The molecule has 0 bridgehead atoms. The first kappa shape index (κ1) is 10.7. The Morgan fingerprint density at radius 3 is 3.07 bits per heavy atom. The average molecular weight is 247 g/mol. The van der Waals surface area contributed by atoms with Gasteiger partial charge >= 0.3 is 5.97 Å². The molecule has 2 rings (SSSR count). The molecular formula is C9H11ClN2O2S. The Balaban J connectivity index is 2.25. The van der Waals surface area contributed by atoms with Crippen LogP contribution < -0.4 is 4.90 Å². The first-order valence-corrected chi connectivity index (χ1v) is 5.96. The summed E-state index contributed by atoms with van der Waals surface area (Å²) in [7, 11) is 0. The minimum absolute atomic E-state index is 0.158. The Kier molecular flexibility index (Phi) is 2.84. The van der Waals surface area contributed by atoms with E-state index in [9.17, 15) is 4.79 Å². The second-order valence-corrected chi connectivity index (χ2v) is 4.92. The van der Waals surface area contributed by atoms with Crippen molar-refractivity contribution >= 4 is 34.0 Å². The molecular weight excluding hydrogens is 236 g/mol. The normalized spacial score (nSPS) is 25.9. The summed E-state index contributed by atoms with van der Waals surface area (Å²) in [5.74, 6) is -0.628. The molecule has 0 aromatic carbocycles. The van der Waals surface area contributed by atoms with Crippen LogP contribution in [0.5, 0.6) is 0 Å². The third-order valence-corrected chi connectivity index (χ3v) is 3.86. The van der Waals surface area contributed by atoms with Gasteiger partial charge in [0.15, 0.2) is 5.13 Å². The second-order valence-electron chi connectivity index (χ2n) is 3.70. The predicted molar refractivity (Wildman–Crippen MR) is 59.7 cm³/mol. The van der Waals surface area contributed by atoms with Crippen LogP contribution in [0, 0.1) is 5.92 Å². The molecule has 82 valence electrons. The summed E-state index contributed by atoms with van der Waals surface area (Å²) >= 11 is 7.12. The molecule has 1 aliphatic rings. The zero-order valence-corrected chi connectivity index (χ0v) is 9.75. The van der Waals surface area contributed by atoms with Crippen molar-refractivity contribution in [1.82, 2.24) is 4.98 Å². The summed E-state index contributed by atoms with van der Waals surface area (Å²) in [5.41, 5.74) is 0. The molecule has 2 heterocycles. The maximum absolute atomic E-state index is 11.1. The van der Waals surface area contributed by atoms with E-state index < -0.39 is 12.0 Å². The Hall–Kier alpha value is -0.810. The van der Waals surface area contributed by atoms with Gasteiger partial charge in [-0.2, -0.15) is 0 Å². The highest BCUT2D eigenvalue weighted by atomic mass is 35.5. The first-order valence-electron chi connectivity index (χ1n) is 4.70. The molecule has 0 radical (unpaired) electrons. The van der Waals surface area contributed by atoms with Crippen LogP contribution in [0.3, 0.4) is 0 Å². The van der Waals surface area contributed by atoms with Crippen LogP contribution in [-0.2, 0) is 4.79 Å². The second kappa shape index (κ2) is 3.98. The van der Waals surface area contributed by atoms with Gasteiger partial charge in [0.2, 0.25) is 0 Å². The number of thiazole rings is 1. The Labute approximate surface area is 96.5 Å². The molecule has 0 amide bonds. The molecule has 2 atom stereocenters. The molecule has 6 heteroatoms. The number of hydrogen-bond donors (Lipinski definition) is 1. The summed E-state index contributed by atoms with van der Waals surface area (Å²) in [6, 6.07) is -0.466. The molecule has 0 spiro atoms. The molecule has 0 aliphatic carbocycles. The largest absolute Gasteiger partial charge is 0.480 e. The van der Waals surface area contributed by atoms with E-state index in [1.807, 2.05) is 11.8 Å². The van der Waals surface area contributed by atoms with Crippen molar-refractivity contribution < 1.29 is 9.90 Å². The van der Waals surface area contributed by atoms with Crippen LogP contribution in [0.2, 0.25) is 5.15 Å². The topological polar surface area (TPSA) is 53.4 Å². The minimum atomic E-state index is -0.786. The summed E-state index contributed by atoms with van der Waals surface area (Å²) in [5, 5.41) is 12.0. The standard InChI is InChI=1S/C9H11ClN2O2S/c1-5-2-3-12(7(5)8(13)14)9-11-6(10)4-15-9/h4-5,7H,2-3H2,1H3,(H,13,14). The molecule has 1 N–H and O–H groups in total. The Morgan fingerprint density at radius 2 is 2.53 bits per heavy atom. The number of anilines is 1. The number of halogens is 1. The van der Waals surface area contributed by atoms with Crippen molar-refractivity contribution in [2.75, 3.05) is 11.4 Å². The minimum Gasteiger partial charge on any atom is -0.480 e. The maximum atomic E-state index is 11.1. The number of aromatic nitrogens is 1. The molecule has 4 nitrogen and oxygen atoms in total. The van der Waals surface area contributed by atoms with E-state index in [1.165, 1.54) is 11.3 Å². The van der Waals surface area contributed by atoms with Gasteiger partial charge < -0.3 is 10.0 Å². The van der Waals surface area contributed by atoms with E-state index in [1.54, 1.807) is 5.38 Å². The molecule has 1 aromatic rings. The summed E-state index contributed by atoms with van der Waals surface area (Å²) in [4.78, 5) is 17.0. The molecule has 1 aromatic heterocycles. The molecule has 1 aliphatic heterocycles. The number of carboxylic acids is 1. The predicted octanol–water partition coefficient (Wildman–Crippen LogP) is 2.10. The first-order chi connectivity index (χ1) is 7.09. The number of rotatable bonds is 2. The van der Waals surface area contributed by atoms with Crippen LogP contribution in [0.15, 0.2) is 5.38 Å². The van der Waals surface area contributed by atoms with E-state index in [2.05, 4.69) is 4.98 Å². The van der Waals surface area contributed by atoms with Gasteiger partial charge in [-0.05, 0) is 12.3 Å². The molecule has 15 heavy (non-hydrogen) atoms. The van der Waals surface area contributed by atoms with Crippen LogP contribution >= 0.6 is 22.9 Å². The van der Waals surface area contributed by atoms with E-state index in [-0.39, 0.29) is 5.92 Å². The summed E-state index contributed by atoms with van der Waals surface area (Å²) in [6.45, 7) is 2.69. The van der Waals surface area contributed by atoms with Crippen molar-refractivity contribution in [3.8, 4) is 0 Å². The average Bonchev–Trinajstić information content (AvgIpc) is 2.71. The molecule has 1 fully saturated rings. The van der Waals surface area contributed by atoms with Crippen molar-refractivity contribution in [3.63, 3.8) is 0 Å². The lowest BCUT2D eigenvalue weighted by Gasteiger charge is -2.22. The van der Waals surface area contributed by atoms with Gasteiger partial charge in [0.1, 0.15) is 11.2 Å². The number of carbonyl (C=O) groups is 1. The lowest BCUT2D eigenvalue weighted by Crippen LogP contribution is -2.38. The fraction of sp³-hybridized carbons (Fsp3) is 0.556. The molecule has 2 unspecified atom stereocenters. The van der Waals surface area contributed by atoms with Gasteiger partial charge in [-0.25, -0.2) is 9.78 Å². The van der Waals surface area contributed by atoms with Gasteiger partial charge in [-0.1, -0.05) is 18.5 Å². The van der Waals surface area contributed by atoms with Gasteiger partial charge in [0.05, 0.1) is 0 Å². The smallest absolute Gasteiger partial charge is 0.326 e. The maximum Gasteiger partial charge on any atom is 0.326 e. The monoisotopic (exact) mass is 246 g/mol. The van der Waals surface area contributed by atoms with E-state index in [0.717, 1.165) is 13.0 Å². The third kappa shape index (κ3) is 1.94. The van der Waals surface area contributed by atoms with Gasteiger partial charge in [0, 0.05) is 11.9 Å². The third-order valence-electron chi connectivity index (χ3n) is 2.66. The summed E-state index contributed by atoms with van der Waals surface area (Å²) in [6.07, 6.45) is 0.883. The highest BCUT2D eigenvalue weighted by Gasteiger charge is 2.38. The SMILES string of the molecule is CC1CCN(c2nc(Cl)cs2)C1C(=O)O. The lowest BCUT2D eigenvalue weighted by molar-refractivity contribution is -0.139. The number of hydrogen-bond acceptors (Lipinski definition) is 4. The summed E-state index contributed by atoms with van der Waals surface area (Å²) < 4.78 is 0. The highest BCUT2D eigenvalue weighted by molar-refractivity contribution is 7.14. The van der Waals surface area contributed by atoms with Crippen LogP contribution in [-0.4, -0.2) is 28.6 Å². The van der Waals surface area contributed by atoms with E-state index in [0.29, 0.717) is 10.3 Å². The number of aliphatic carboxylic acids is 1. The van der Waals surface area contributed by atoms with Gasteiger partial charge in [0.25, 0.3) is 0 Å². The lowest BCUT2D eigenvalue weighted by atomic mass is 10.0. The zero-order chi connectivity index (χ0) is 11.0. The molecule has 1 saturated heterocycles. The van der Waals surface area contributed by atoms with Crippen LogP contribution in [0.1, 0.15) is 13.3 Å². The van der Waals surface area contributed by atoms with Crippen LogP contribution in [0.25, 0.3) is 0 Å². The van der Waals surface area contributed by atoms with Gasteiger partial charge in [-0.3, -0.25) is 0 Å². The van der Waals surface area contributed by atoms with Crippen molar-refractivity contribution in [3.05, 3.63) is 10.5 Å². The Morgan fingerprint density at radius 1 is 1.80 bits per heavy atom. The van der Waals surface area contributed by atoms with Gasteiger partial charge in [-0.15, -0.1) is 11.3 Å². The highest BCUT2D eigenvalue weighted by Crippen LogP contribution is 2.32. The van der Waals surface area contributed by atoms with Crippen molar-refractivity contribution in [2.45, 2.75) is 19.4 Å². The Bertz CT molecular complexity index is 382. The van der Waals surface area contributed by atoms with E-state index >= 15 is 0 Å². The zero-order valence-electron chi connectivity index (χ0n) is 8.18. The number of nitrogens with zero attached hydrogens (tertiary/aromatic N) is 2. The fourth-order valence-corrected chi connectivity index (χ4v) is 2.93. The quantitative estimate of drug-likeness (QED) is 0.868. The van der Waals surface area contributed by atoms with E-state index in [4.69, 9.17) is 16.7 Å². The van der Waals surface area contributed by atoms with Crippen LogP contribution in [0.4, 0.5) is 5.13 Å². The number of carboxylic acid groups (broad SMARTS) is 1. The van der Waals surface area contributed by atoms with Crippen molar-refractivity contribution in [2.24, 2.45) is 5.92 Å². The van der Waals surface area contributed by atoms with Crippen molar-refractivity contribution in [1.29, 1.82) is 0 Å². The molecule has 0 saturated carbocycles. The fourth-order valence-electron chi connectivity index (χ4n) is 1.92.